The predicted octanol–water partition coefficient (Wildman–Crippen LogP) is 4.31. The van der Waals surface area contributed by atoms with Gasteiger partial charge in [0, 0.05) is 13.1 Å². The van der Waals surface area contributed by atoms with Gasteiger partial charge >= 0.3 is 0 Å². The molecule has 4 rings (SSSR count). The van der Waals surface area contributed by atoms with Gasteiger partial charge in [-0.1, -0.05) is 42.5 Å². The Morgan fingerprint density at radius 2 is 1.85 bits per heavy atom. The molecule has 0 bridgehead atoms. The fourth-order valence-corrected chi connectivity index (χ4v) is 3.98. The van der Waals surface area contributed by atoms with E-state index in [-0.39, 0.29) is 11.3 Å². The number of ketones is 1. The van der Waals surface area contributed by atoms with Crippen molar-refractivity contribution in [2.24, 2.45) is 0 Å². The van der Waals surface area contributed by atoms with Crippen LogP contribution >= 0.6 is 0 Å². The van der Waals surface area contributed by atoms with E-state index >= 15 is 0 Å². The van der Waals surface area contributed by atoms with Crippen LogP contribution in [-0.2, 0) is 11.4 Å². The summed E-state index contributed by atoms with van der Waals surface area (Å²) in [6.07, 6.45) is 0. The number of aliphatic hydroxyl groups is 1. The number of aryl methyl sites for hydroxylation is 1. The smallest absolute Gasteiger partial charge is 0.290 e. The average molecular weight is 461 g/mol. The van der Waals surface area contributed by atoms with E-state index in [9.17, 15) is 14.7 Å². The maximum atomic E-state index is 13.3. The molecule has 0 fully saturated rings. The van der Waals surface area contributed by atoms with Crippen LogP contribution < -0.4 is 4.74 Å². The summed E-state index contributed by atoms with van der Waals surface area (Å²) in [7, 11) is 3.80. The van der Waals surface area contributed by atoms with E-state index in [1.54, 1.807) is 19.1 Å². The van der Waals surface area contributed by atoms with Gasteiger partial charge in [0.1, 0.15) is 18.1 Å². The molecule has 7 heteroatoms. The Bertz CT molecular complexity index is 1210. The molecule has 7 nitrogen and oxygen atoms in total. The number of hydrogen-bond acceptors (Lipinski definition) is 6. The monoisotopic (exact) mass is 460 g/mol. The second kappa shape index (κ2) is 9.97. The summed E-state index contributed by atoms with van der Waals surface area (Å²) in [5, 5.41) is 10.8. The largest absolute Gasteiger partial charge is 0.503 e. The lowest BCUT2D eigenvalue weighted by atomic mass is 9.95. The molecular weight excluding hydrogens is 432 g/mol. The van der Waals surface area contributed by atoms with Crippen LogP contribution in [0.4, 0.5) is 0 Å². The van der Waals surface area contributed by atoms with Crippen molar-refractivity contribution >= 4 is 11.7 Å². The summed E-state index contributed by atoms with van der Waals surface area (Å²) < 4.78 is 11.5. The molecule has 1 aromatic heterocycles. The highest BCUT2D eigenvalue weighted by Crippen LogP contribution is 2.40. The average Bonchev–Trinajstić information content (AvgIpc) is 3.38. The number of Topliss-reactive ketones (excluding diaryl/α,β-unsaturated/α-hetero) is 1. The minimum atomic E-state index is -0.759. The van der Waals surface area contributed by atoms with Gasteiger partial charge in [0.15, 0.2) is 11.5 Å². The van der Waals surface area contributed by atoms with Crippen LogP contribution in [0.15, 0.2) is 82.5 Å². The summed E-state index contributed by atoms with van der Waals surface area (Å²) in [5.74, 6) is -0.360. The van der Waals surface area contributed by atoms with Crippen molar-refractivity contribution in [3.63, 3.8) is 0 Å². The second-order valence-corrected chi connectivity index (χ2v) is 8.55. The zero-order valence-electron chi connectivity index (χ0n) is 19.5. The Hall–Kier alpha value is -3.84. The zero-order valence-corrected chi connectivity index (χ0v) is 19.5. The predicted molar refractivity (Wildman–Crippen MR) is 128 cm³/mol. The third-order valence-corrected chi connectivity index (χ3v) is 5.72. The highest BCUT2D eigenvalue weighted by Gasteiger charge is 2.44. The molecule has 1 aliphatic heterocycles. The van der Waals surface area contributed by atoms with Gasteiger partial charge < -0.3 is 24.1 Å². The number of ether oxygens (including phenoxy) is 1. The molecule has 1 amide bonds. The number of benzene rings is 2. The van der Waals surface area contributed by atoms with Crippen LogP contribution in [0.3, 0.4) is 0 Å². The quantitative estimate of drug-likeness (QED) is 0.479. The molecule has 0 aliphatic carbocycles. The first-order valence-corrected chi connectivity index (χ1v) is 11.1. The van der Waals surface area contributed by atoms with Gasteiger partial charge in [-0.25, -0.2) is 0 Å². The lowest BCUT2D eigenvalue weighted by Crippen LogP contribution is -2.36. The first-order valence-electron chi connectivity index (χ1n) is 11.1. The number of likely N-dealkylation sites (N-methyl/N-ethyl adjacent to an activating group) is 1. The number of amides is 1. The Morgan fingerprint density at radius 1 is 1.09 bits per heavy atom. The molecule has 0 saturated carbocycles. The Labute approximate surface area is 198 Å². The Kier molecular flexibility index (Phi) is 6.84. The van der Waals surface area contributed by atoms with E-state index in [0.717, 1.165) is 5.56 Å². The van der Waals surface area contributed by atoms with E-state index in [4.69, 9.17) is 9.15 Å². The van der Waals surface area contributed by atoms with Crippen molar-refractivity contribution in [1.29, 1.82) is 0 Å². The standard InChI is InChI=1S/C27H28N2O5/c1-18-12-13-22(34-18)25(30)23-24(29(15-14-28(2)3)27(32)26(23)31)20-10-7-11-21(16-20)33-17-19-8-5-4-6-9-19/h4-13,16,24,31H,14-15,17H2,1-3H3/t24-/m1/s1. The van der Waals surface area contributed by atoms with Gasteiger partial charge in [0.05, 0.1) is 11.6 Å². The van der Waals surface area contributed by atoms with Gasteiger partial charge in [-0.2, -0.15) is 0 Å². The molecular formula is C27H28N2O5. The van der Waals surface area contributed by atoms with Crippen molar-refractivity contribution < 1.29 is 23.8 Å². The molecule has 0 radical (unpaired) electrons. The topological polar surface area (TPSA) is 83.2 Å². The number of aliphatic hydroxyl groups excluding tert-OH is 1. The summed E-state index contributed by atoms with van der Waals surface area (Å²) in [5.41, 5.74) is 1.71. The van der Waals surface area contributed by atoms with Crippen LogP contribution in [0.25, 0.3) is 0 Å². The molecule has 1 atom stereocenters. The first-order chi connectivity index (χ1) is 16.3. The van der Waals surface area contributed by atoms with Crippen LogP contribution in [0.1, 0.15) is 33.5 Å². The lowest BCUT2D eigenvalue weighted by Gasteiger charge is -2.28. The summed E-state index contributed by atoms with van der Waals surface area (Å²) >= 11 is 0. The molecule has 2 heterocycles. The molecule has 0 spiro atoms. The van der Waals surface area contributed by atoms with E-state index < -0.39 is 23.5 Å². The van der Waals surface area contributed by atoms with Crippen molar-refractivity contribution in [1.82, 2.24) is 9.80 Å². The summed E-state index contributed by atoms with van der Waals surface area (Å²) in [6, 6.07) is 19.6. The van der Waals surface area contributed by atoms with Crippen LogP contribution in [0, 0.1) is 6.92 Å². The number of rotatable bonds is 9. The van der Waals surface area contributed by atoms with Gasteiger partial charge in [0.2, 0.25) is 5.78 Å². The lowest BCUT2D eigenvalue weighted by molar-refractivity contribution is -0.129. The number of nitrogens with zero attached hydrogens (tertiary/aromatic N) is 2. The first kappa shape index (κ1) is 23.3. The minimum absolute atomic E-state index is 0.0123. The summed E-state index contributed by atoms with van der Waals surface area (Å²) in [4.78, 5) is 29.8. The van der Waals surface area contributed by atoms with Crippen molar-refractivity contribution in [2.45, 2.75) is 19.6 Å². The van der Waals surface area contributed by atoms with Crippen molar-refractivity contribution in [3.05, 3.63) is 101 Å². The number of hydrogen-bond donors (Lipinski definition) is 1. The molecule has 176 valence electrons. The van der Waals surface area contributed by atoms with Gasteiger partial charge in [-0.3, -0.25) is 9.59 Å². The maximum Gasteiger partial charge on any atom is 0.290 e. The van der Waals surface area contributed by atoms with Crippen molar-refractivity contribution in [2.75, 3.05) is 27.2 Å². The molecule has 3 aromatic rings. The highest BCUT2D eigenvalue weighted by molar-refractivity contribution is 6.15. The zero-order chi connectivity index (χ0) is 24.2. The molecule has 0 unspecified atom stereocenters. The number of furan rings is 1. The second-order valence-electron chi connectivity index (χ2n) is 8.55. The maximum absolute atomic E-state index is 13.3. The molecule has 1 N–H and O–H groups in total. The van der Waals surface area contributed by atoms with Crippen LogP contribution in [0.2, 0.25) is 0 Å². The molecule has 34 heavy (non-hydrogen) atoms. The van der Waals surface area contributed by atoms with E-state index in [0.29, 0.717) is 36.8 Å². The Morgan fingerprint density at radius 3 is 2.53 bits per heavy atom. The third-order valence-electron chi connectivity index (χ3n) is 5.72. The summed E-state index contributed by atoms with van der Waals surface area (Å²) in [6.45, 7) is 3.03. The normalized spacial score (nSPS) is 15.9. The Balaban J connectivity index is 1.68. The SMILES string of the molecule is Cc1ccc(C(=O)C2=C(O)C(=O)N(CCN(C)C)[C@@H]2c2cccc(OCc3ccccc3)c2)o1. The number of carbonyl (C=O) groups excluding carboxylic acids is 2. The van der Waals surface area contributed by atoms with Crippen molar-refractivity contribution in [3.8, 4) is 5.75 Å². The van der Waals surface area contributed by atoms with Crippen LogP contribution in [0.5, 0.6) is 5.75 Å². The molecule has 1 aliphatic rings. The fourth-order valence-electron chi connectivity index (χ4n) is 3.98. The van der Waals surface area contributed by atoms with Crippen LogP contribution in [-0.4, -0.2) is 53.8 Å². The molecule has 0 saturated heterocycles. The third kappa shape index (κ3) is 4.89. The minimum Gasteiger partial charge on any atom is -0.503 e. The van der Waals surface area contributed by atoms with Gasteiger partial charge in [-0.15, -0.1) is 0 Å². The molecule has 2 aromatic carbocycles. The van der Waals surface area contributed by atoms with E-state index in [1.807, 2.05) is 73.6 Å². The number of carbonyl (C=O) groups is 2. The highest BCUT2D eigenvalue weighted by atomic mass is 16.5. The van der Waals surface area contributed by atoms with Gasteiger partial charge in [0.25, 0.3) is 5.91 Å². The van der Waals surface area contributed by atoms with E-state index in [1.165, 1.54) is 4.90 Å². The van der Waals surface area contributed by atoms with E-state index in [2.05, 4.69) is 0 Å². The fraction of sp³-hybridized carbons (Fsp3) is 0.259. The van der Waals surface area contributed by atoms with Gasteiger partial charge in [-0.05, 0) is 56.4 Å².